The van der Waals surface area contributed by atoms with Crippen LogP contribution in [0.2, 0.25) is 5.02 Å². The summed E-state index contributed by atoms with van der Waals surface area (Å²) in [5.41, 5.74) is 3.67. The Morgan fingerprint density at radius 1 is 1.06 bits per heavy atom. The molecule has 0 bridgehead atoms. The smallest absolute Gasteiger partial charge is 0.312 e. The number of aliphatic hydroxyl groups excluding tert-OH is 1. The van der Waals surface area contributed by atoms with Crippen LogP contribution in [0.1, 0.15) is 12.8 Å². The zero-order valence-corrected chi connectivity index (χ0v) is 17.7. The predicted molar refractivity (Wildman–Crippen MR) is 121 cm³/mol. The lowest BCUT2D eigenvalue weighted by Crippen LogP contribution is -2.51. The van der Waals surface area contributed by atoms with E-state index in [4.69, 9.17) is 16.3 Å². The quantitative estimate of drug-likeness (QED) is 0.398. The highest BCUT2D eigenvalue weighted by Gasteiger charge is 2.51. The van der Waals surface area contributed by atoms with Crippen molar-refractivity contribution >= 4 is 28.7 Å². The van der Waals surface area contributed by atoms with Gasteiger partial charge in [0.25, 0.3) is 6.01 Å². The minimum atomic E-state index is -1.13. The minimum Gasteiger partial charge on any atom is -0.481 e. The molecule has 8 heteroatoms. The van der Waals surface area contributed by atoms with Crippen LogP contribution in [0.4, 0.5) is 0 Å². The fourth-order valence-electron chi connectivity index (χ4n) is 4.03. The summed E-state index contributed by atoms with van der Waals surface area (Å²) in [5.74, 6) is -1.01. The van der Waals surface area contributed by atoms with Crippen LogP contribution >= 0.6 is 11.6 Å². The maximum atomic E-state index is 11.3. The zero-order chi connectivity index (χ0) is 22.3. The van der Waals surface area contributed by atoms with Crippen LogP contribution in [0.3, 0.4) is 0 Å². The number of fused-ring (bicyclic) bond motifs is 1. The number of aromatic nitrogens is 3. The van der Waals surface area contributed by atoms with Crippen LogP contribution in [0.5, 0.6) is 6.01 Å². The molecule has 2 aromatic carbocycles. The van der Waals surface area contributed by atoms with Crippen LogP contribution in [0.15, 0.2) is 60.7 Å². The number of hydrogen-bond donors (Lipinski definition) is 3. The van der Waals surface area contributed by atoms with E-state index in [0.717, 1.165) is 16.7 Å². The molecule has 2 aromatic heterocycles. The number of carbonyl (C=O) groups is 1. The second-order valence-electron chi connectivity index (χ2n) is 8.07. The summed E-state index contributed by atoms with van der Waals surface area (Å²) in [5, 5.41) is 19.1. The SMILES string of the molecule is O=C(O)C1(CO)CC(Oc2nc3nc(-c4ccc(-c5ccccc5)cc4)c(Cl)cc3[nH]2)C1. The first-order valence-electron chi connectivity index (χ1n) is 10.2. The van der Waals surface area contributed by atoms with Crippen molar-refractivity contribution in [2.75, 3.05) is 6.61 Å². The molecule has 3 N–H and O–H groups in total. The predicted octanol–water partition coefficient (Wildman–Crippen LogP) is 4.55. The largest absolute Gasteiger partial charge is 0.481 e. The van der Waals surface area contributed by atoms with E-state index in [1.54, 1.807) is 6.07 Å². The van der Waals surface area contributed by atoms with Gasteiger partial charge in [-0.3, -0.25) is 4.79 Å². The summed E-state index contributed by atoms with van der Waals surface area (Å²) >= 11 is 6.49. The Morgan fingerprint density at radius 3 is 2.38 bits per heavy atom. The second-order valence-corrected chi connectivity index (χ2v) is 8.47. The molecular weight excluding hydrogens is 430 g/mol. The van der Waals surface area contributed by atoms with E-state index in [0.29, 0.717) is 21.9 Å². The van der Waals surface area contributed by atoms with E-state index in [9.17, 15) is 15.0 Å². The lowest BCUT2D eigenvalue weighted by molar-refractivity contribution is -0.166. The number of ether oxygens (including phenoxy) is 1. The molecule has 162 valence electrons. The topological polar surface area (TPSA) is 108 Å². The van der Waals surface area contributed by atoms with Crippen LogP contribution in [0.25, 0.3) is 33.5 Å². The Morgan fingerprint density at radius 2 is 1.72 bits per heavy atom. The number of rotatable bonds is 6. The molecule has 0 amide bonds. The van der Waals surface area contributed by atoms with Crippen LogP contribution < -0.4 is 4.74 Å². The van der Waals surface area contributed by atoms with Crippen molar-refractivity contribution in [1.82, 2.24) is 15.0 Å². The first-order chi connectivity index (χ1) is 15.5. The lowest BCUT2D eigenvalue weighted by atomic mass is 9.67. The number of carboxylic acids is 1. The molecule has 7 nitrogen and oxygen atoms in total. The Hall–Kier alpha value is -3.42. The lowest BCUT2D eigenvalue weighted by Gasteiger charge is -2.41. The Labute approximate surface area is 188 Å². The van der Waals surface area contributed by atoms with Crippen molar-refractivity contribution in [3.05, 3.63) is 65.7 Å². The molecule has 5 rings (SSSR count). The van der Waals surface area contributed by atoms with Gasteiger partial charge in [-0.2, -0.15) is 4.98 Å². The van der Waals surface area contributed by atoms with Gasteiger partial charge in [0.2, 0.25) is 0 Å². The fourth-order valence-corrected chi connectivity index (χ4v) is 4.29. The molecule has 2 heterocycles. The maximum Gasteiger partial charge on any atom is 0.312 e. The Bertz CT molecular complexity index is 1280. The number of aliphatic carboxylic acids is 1. The third-order valence-electron chi connectivity index (χ3n) is 5.94. The Kier molecular flexibility index (Phi) is 5.07. The molecule has 4 aromatic rings. The molecule has 1 saturated carbocycles. The van der Waals surface area contributed by atoms with Gasteiger partial charge in [0, 0.05) is 18.4 Å². The van der Waals surface area contributed by atoms with Gasteiger partial charge in [-0.25, -0.2) is 4.98 Å². The first kappa shape index (κ1) is 20.5. The molecule has 0 atom stereocenters. The van der Waals surface area contributed by atoms with Gasteiger partial charge >= 0.3 is 5.97 Å². The average Bonchev–Trinajstić information content (AvgIpc) is 3.17. The molecule has 32 heavy (non-hydrogen) atoms. The first-order valence-corrected chi connectivity index (χ1v) is 10.6. The van der Waals surface area contributed by atoms with E-state index in [1.165, 1.54) is 0 Å². The van der Waals surface area contributed by atoms with E-state index in [1.807, 2.05) is 42.5 Å². The highest BCUT2D eigenvalue weighted by atomic mass is 35.5. The zero-order valence-electron chi connectivity index (χ0n) is 17.0. The van der Waals surface area contributed by atoms with Crippen molar-refractivity contribution in [1.29, 1.82) is 0 Å². The summed E-state index contributed by atoms with van der Waals surface area (Å²) in [6, 6.07) is 20.1. The summed E-state index contributed by atoms with van der Waals surface area (Å²) in [7, 11) is 0. The summed E-state index contributed by atoms with van der Waals surface area (Å²) in [6.07, 6.45) is 0.117. The number of carboxylic acid groups (broad SMARTS) is 1. The molecular formula is C24H20ClN3O4. The van der Waals surface area contributed by atoms with Gasteiger partial charge in [0.1, 0.15) is 6.10 Å². The van der Waals surface area contributed by atoms with Gasteiger partial charge in [0.05, 0.1) is 28.3 Å². The number of imidazole rings is 1. The van der Waals surface area contributed by atoms with E-state index in [2.05, 4.69) is 27.1 Å². The second kappa shape index (κ2) is 7.93. The third-order valence-corrected chi connectivity index (χ3v) is 6.23. The summed E-state index contributed by atoms with van der Waals surface area (Å²) in [6.45, 7) is -0.411. The number of nitrogens with one attached hydrogen (secondary N) is 1. The number of hydrogen-bond acceptors (Lipinski definition) is 5. The van der Waals surface area contributed by atoms with Gasteiger partial charge < -0.3 is 19.9 Å². The van der Waals surface area contributed by atoms with E-state index < -0.39 is 18.0 Å². The Balaban J connectivity index is 1.37. The number of aliphatic hydroxyl groups is 1. The molecule has 0 spiro atoms. The maximum absolute atomic E-state index is 11.3. The van der Waals surface area contributed by atoms with Crippen molar-refractivity contribution in [2.24, 2.45) is 5.41 Å². The number of aromatic amines is 1. The van der Waals surface area contributed by atoms with E-state index in [-0.39, 0.29) is 25.0 Å². The van der Waals surface area contributed by atoms with Crippen molar-refractivity contribution in [3.8, 4) is 28.4 Å². The molecule has 0 unspecified atom stereocenters. The number of benzene rings is 2. The van der Waals surface area contributed by atoms with Crippen LogP contribution in [0, 0.1) is 5.41 Å². The van der Waals surface area contributed by atoms with Gasteiger partial charge in [-0.15, -0.1) is 0 Å². The van der Waals surface area contributed by atoms with E-state index >= 15 is 0 Å². The number of H-pyrrole nitrogens is 1. The molecule has 0 radical (unpaired) electrons. The highest BCUT2D eigenvalue weighted by Crippen LogP contribution is 2.43. The monoisotopic (exact) mass is 449 g/mol. The van der Waals surface area contributed by atoms with Gasteiger partial charge in [-0.05, 0) is 17.2 Å². The summed E-state index contributed by atoms with van der Waals surface area (Å²) in [4.78, 5) is 23.3. The molecule has 1 aliphatic carbocycles. The highest BCUT2D eigenvalue weighted by molar-refractivity contribution is 6.33. The summed E-state index contributed by atoms with van der Waals surface area (Å²) < 4.78 is 5.77. The number of pyridine rings is 1. The average molecular weight is 450 g/mol. The third kappa shape index (κ3) is 3.59. The minimum absolute atomic E-state index is 0.225. The van der Waals surface area contributed by atoms with Gasteiger partial charge in [-0.1, -0.05) is 66.2 Å². The normalized spacial score (nSPS) is 20.1. The molecule has 0 saturated heterocycles. The van der Waals surface area contributed by atoms with Crippen molar-refractivity contribution in [3.63, 3.8) is 0 Å². The van der Waals surface area contributed by atoms with Crippen molar-refractivity contribution in [2.45, 2.75) is 18.9 Å². The van der Waals surface area contributed by atoms with Crippen LogP contribution in [-0.4, -0.2) is 43.8 Å². The molecule has 1 aliphatic rings. The molecule has 0 aliphatic heterocycles. The fraction of sp³-hybridized carbons (Fsp3) is 0.208. The number of halogens is 1. The number of nitrogens with zero attached hydrogens (tertiary/aromatic N) is 2. The van der Waals surface area contributed by atoms with Crippen molar-refractivity contribution < 1.29 is 19.7 Å². The van der Waals surface area contributed by atoms with Gasteiger partial charge in [0.15, 0.2) is 5.65 Å². The standard InChI is InChI=1S/C24H20ClN3O4/c25-18-10-19-21(28-23(26-19)32-17-11-24(12-17,13-29)22(30)31)27-20(18)16-8-6-15(7-9-16)14-4-2-1-3-5-14/h1-10,17,29H,11-13H2,(H,30,31)(H,26,27,28). The van der Waals surface area contributed by atoms with Crippen LogP contribution in [-0.2, 0) is 4.79 Å². The molecule has 1 fully saturated rings.